The fourth-order valence-corrected chi connectivity index (χ4v) is 2.76. The molecule has 2 atom stereocenters. The van der Waals surface area contributed by atoms with E-state index in [2.05, 4.69) is 5.32 Å². The van der Waals surface area contributed by atoms with Crippen LogP contribution >= 0.6 is 0 Å². The summed E-state index contributed by atoms with van der Waals surface area (Å²) in [5.74, 6) is 0.366. The number of benzene rings is 2. The highest BCUT2D eigenvalue weighted by Gasteiger charge is 2.23. The average Bonchev–Trinajstić information content (AvgIpc) is 3.04. The molecule has 3 rings (SSSR count). The van der Waals surface area contributed by atoms with Crippen LogP contribution in [-0.4, -0.2) is 13.0 Å². The summed E-state index contributed by atoms with van der Waals surface area (Å²) in [5, 5.41) is 4.04. The molecule has 25 heavy (non-hydrogen) atoms. The van der Waals surface area contributed by atoms with Crippen LogP contribution in [0.3, 0.4) is 0 Å². The molecule has 6 heteroatoms. The molecule has 0 saturated carbocycles. The fraction of sp³-hybridized carbons (Fsp3) is 0.211. The quantitative estimate of drug-likeness (QED) is 0.719. The molecule has 5 nitrogen and oxygen atoms in total. The topological polar surface area (TPSA) is 77.5 Å². The van der Waals surface area contributed by atoms with Crippen LogP contribution in [0.2, 0.25) is 0 Å². The maximum atomic E-state index is 13.1. The number of methoxy groups -OCH3 is 1. The molecule has 0 saturated heterocycles. The van der Waals surface area contributed by atoms with Crippen LogP contribution in [0.25, 0.3) is 11.0 Å². The third-order valence-corrected chi connectivity index (χ3v) is 4.08. The van der Waals surface area contributed by atoms with Crippen molar-refractivity contribution < 1.29 is 18.3 Å². The van der Waals surface area contributed by atoms with Crippen molar-refractivity contribution in [2.24, 2.45) is 5.73 Å². The molecule has 0 unspecified atom stereocenters. The number of carbonyl (C=O) groups excluding carboxylic acids is 1. The Morgan fingerprint density at radius 3 is 2.60 bits per heavy atom. The first-order chi connectivity index (χ1) is 12.0. The van der Waals surface area contributed by atoms with Crippen LogP contribution in [0, 0.1) is 5.82 Å². The van der Waals surface area contributed by atoms with Gasteiger partial charge in [0.05, 0.1) is 13.2 Å². The van der Waals surface area contributed by atoms with Crippen LogP contribution in [-0.2, 0) is 4.79 Å². The number of halogens is 1. The molecule has 130 valence electrons. The second kappa shape index (κ2) is 6.94. The summed E-state index contributed by atoms with van der Waals surface area (Å²) < 4.78 is 24.3. The smallest absolute Gasteiger partial charge is 0.239 e. The van der Waals surface area contributed by atoms with Crippen LogP contribution in [0.5, 0.6) is 5.75 Å². The van der Waals surface area contributed by atoms with Gasteiger partial charge < -0.3 is 14.9 Å². The summed E-state index contributed by atoms with van der Waals surface area (Å²) in [6, 6.07) is 12.1. The van der Waals surface area contributed by atoms with Gasteiger partial charge in [0.1, 0.15) is 17.6 Å². The number of rotatable bonds is 6. The highest BCUT2D eigenvalue weighted by molar-refractivity contribution is 5.84. The summed E-state index contributed by atoms with van der Waals surface area (Å²) in [6.07, 6.45) is 0. The van der Waals surface area contributed by atoms with E-state index in [0.717, 1.165) is 5.39 Å². The lowest BCUT2D eigenvalue weighted by atomic mass is 10.0. The molecule has 1 aromatic heterocycles. The molecule has 1 heterocycles. The van der Waals surface area contributed by atoms with E-state index < -0.39 is 11.9 Å². The normalized spacial score (nSPS) is 13.6. The number of amides is 1. The van der Waals surface area contributed by atoms with Crippen molar-refractivity contribution in [3.63, 3.8) is 0 Å². The Morgan fingerprint density at radius 2 is 1.96 bits per heavy atom. The molecule has 3 aromatic rings. The number of hydrogen-bond acceptors (Lipinski definition) is 4. The molecular weight excluding hydrogens is 323 g/mol. The van der Waals surface area contributed by atoms with E-state index in [4.69, 9.17) is 14.9 Å². The second-order valence-corrected chi connectivity index (χ2v) is 5.80. The minimum Gasteiger partial charge on any atom is -0.493 e. The summed E-state index contributed by atoms with van der Waals surface area (Å²) in [7, 11) is 1.58. The zero-order chi connectivity index (χ0) is 18.0. The van der Waals surface area contributed by atoms with Crippen molar-refractivity contribution in [2.45, 2.75) is 19.0 Å². The summed E-state index contributed by atoms with van der Waals surface area (Å²) in [5.41, 5.74) is 6.74. The molecular formula is C19H19FN2O3. The average molecular weight is 342 g/mol. The Bertz CT molecular complexity index is 889. The van der Waals surface area contributed by atoms with Gasteiger partial charge in [-0.2, -0.15) is 0 Å². The molecule has 0 aliphatic heterocycles. The van der Waals surface area contributed by atoms with Crippen molar-refractivity contribution in [1.29, 1.82) is 0 Å². The summed E-state index contributed by atoms with van der Waals surface area (Å²) in [6.45, 7) is 1.86. The Labute approximate surface area is 144 Å². The van der Waals surface area contributed by atoms with Gasteiger partial charge in [-0.25, -0.2) is 4.39 Å². The lowest BCUT2D eigenvalue weighted by molar-refractivity contribution is -0.120. The number of hydrogen-bond donors (Lipinski definition) is 2. The largest absolute Gasteiger partial charge is 0.493 e. The highest BCUT2D eigenvalue weighted by Crippen LogP contribution is 2.31. The van der Waals surface area contributed by atoms with Crippen molar-refractivity contribution in [1.82, 2.24) is 5.32 Å². The van der Waals surface area contributed by atoms with Crippen LogP contribution in [0.4, 0.5) is 4.39 Å². The summed E-state index contributed by atoms with van der Waals surface area (Å²) >= 11 is 0. The molecule has 0 fully saturated rings. The third-order valence-electron chi connectivity index (χ3n) is 4.08. The molecule has 0 aliphatic rings. The van der Waals surface area contributed by atoms with E-state index in [1.165, 1.54) is 24.3 Å². The number of primary amides is 1. The molecule has 1 amide bonds. The first-order valence-electron chi connectivity index (χ1n) is 7.87. The SMILES string of the molecule is COc1cccc2cc([C@@H](C)N[C@@H](C(N)=O)c3ccc(F)cc3)oc12. The highest BCUT2D eigenvalue weighted by atomic mass is 19.1. The van der Waals surface area contributed by atoms with Gasteiger partial charge in [0.25, 0.3) is 0 Å². The van der Waals surface area contributed by atoms with E-state index in [0.29, 0.717) is 22.7 Å². The van der Waals surface area contributed by atoms with E-state index in [9.17, 15) is 9.18 Å². The number of ether oxygens (including phenoxy) is 1. The summed E-state index contributed by atoms with van der Waals surface area (Å²) in [4.78, 5) is 11.8. The zero-order valence-corrected chi connectivity index (χ0v) is 14.0. The monoisotopic (exact) mass is 342 g/mol. The number of para-hydroxylation sites is 1. The molecule has 0 aliphatic carbocycles. The first kappa shape index (κ1) is 17.0. The Hall–Kier alpha value is -2.86. The van der Waals surface area contributed by atoms with Crippen molar-refractivity contribution >= 4 is 16.9 Å². The standard InChI is InChI=1S/C19H19FN2O3/c1-11(16-10-13-4-3-5-15(24-2)18(13)25-16)22-17(19(21)23)12-6-8-14(20)9-7-12/h3-11,17,22H,1-2H3,(H2,21,23)/t11-,17-/m1/s1. The van der Waals surface area contributed by atoms with Crippen molar-refractivity contribution in [2.75, 3.05) is 7.11 Å². The van der Waals surface area contributed by atoms with Gasteiger partial charge in [-0.1, -0.05) is 24.3 Å². The lowest BCUT2D eigenvalue weighted by Crippen LogP contribution is -2.35. The molecule has 2 aromatic carbocycles. The minimum absolute atomic E-state index is 0.292. The van der Waals surface area contributed by atoms with Gasteiger partial charge in [-0.15, -0.1) is 0 Å². The number of carbonyl (C=O) groups is 1. The zero-order valence-electron chi connectivity index (χ0n) is 14.0. The van der Waals surface area contributed by atoms with Gasteiger partial charge in [0.15, 0.2) is 11.3 Å². The van der Waals surface area contributed by atoms with Crippen LogP contribution < -0.4 is 15.8 Å². The number of furan rings is 1. The fourth-order valence-electron chi connectivity index (χ4n) is 2.76. The predicted octanol–water partition coefficient (Wildman–Crippen LogP) is 3.46. The van der Waals surface area contributed by atoms with Crippen LogP contribution in [0.1, 0.15) is 30.3 Å². The van der Waals surface area contributed by atoms with Gasteiger partial charge in [-0.3, -0.25) is 10.1 Å². The first-order valence-corrected chi connectivity index (χ1v) is 7.87. The molecule has 3 N–H and O–H groups in total. The molecule has 0 radical (unpaired) electrons. The Balaban J connectivity index is 1.87. The maximum Gasteiger partial charge on any atom is 0.239 e. The van der Waals surface area contributed by atoms with E-state index in [1.54, 1.807) is 7.11 Å². The lowest BCUT2D eigenvalue weighted by Gasteiger charge is -2.20. The Morgan fingerprint density at radius 1 is 1.24 bits per heavy atom. The van der Waals surface area contributed by atoms with Gasteiger partial charge in [-0.05, 0) is 36.8 Å². The maximum absolute atomic E-state index is 13.1. The van der Waals surface area contributed by atoms with Crippen LogP contribution in [0.15, 0.2) is 52.9 Å². The van der Waals surface area contributed by atoms with E-state index in [1.807, 2.05) is 31.2 Å². The number of fused-ring (bicyclic) bond motifs is 1. The van der Waals surface area contributed by atoms with Gasteiger partial charge in [0, 0.05) is 5.39 Å². The van der Waals surface area contributed by atoms with E-state index >= 15 is 0 Å². The number of nitrogens with one attached hydrogen (secondary N) is 1. The molecule has 0 bridgehead atoms. The predicted molar refractivity (Wildman–Crippen MR) is 92.7 cm³/mol. The van der Waals surface area contributed by atoms with Gasteiger partial charge in [0.2, 0.25) is 5.91 Å². The Kier molecular flexibility index (Phi) is 4.72. The third kappa shape index (κ3) is 3.49. The van der Waals surface area contributed by atoms with Crippen molar-refractivity contribution in [3.05, 3.63) is 65.7 Å². The molecule has 0 spiro atoms. The number of nitrogens with two attached hydrogens (primary N) is 1. The minimum atomic E-state index is -0.759. The van der Waals surface area contributed by atoms with Gasteiger partial charge >= 0.3 is 0 Å². The second-order valence-electron chi connectivity index (χ2n) is 5.80. The van der Waals surface area contributed by atoms with Crippen molar-refractivity contribution in [3.8, 4) is 5.75 Å². The van der Waals surface area contributed by atoms with E-state index in [-0.39, 0.29) is 11.9 Å².